The molecule has 0 aliphatic carbocycles. The van der Waals surface area contributed by atoms with Gasteiger partial charge in [0.05, 0.1) is 5.69 Å². The molecule has 1 aromatic carbocycles. The number of halogens is 1. The van der Waals surface area contributed by atoms with E-state index in [0.29, 0.717) is 0 Å². The molecule has 0 unspecified atom stereocenters. The predicted octanol–water partition coefficient (Wildman–Crippen LogP) is 3.15. The molecular formula is C9H7BrN2S. The summed E-state index contributed by atoms with van der Waals surface area (Å²) in [5.41, 5.74) is 8.45. The van der Waals surface area contributed by atoms with Gasteiger partial charge in [-0.05, 0) is 28.1 Å². The summed E-state index contributed by atoms with van der Waals surface area (Å²) in [4.78, 5) is 4.30. The summed E-state index contributed by atoms with van der Waals surface area (Å²) in [6.07, 6.45) is 0. The number of aromatic nitrogens is 1. The summed E-state index contributed by atoms with van der Waals surface area (Å²) in [6.45, 7) is 0. The topological polar surface area (TPSA) is 38.9 Å². The van der Waals surface area contributed by atoms with Gasteiger partial charge in [0, 0.05) is 16.6 Å². The van der Waals surface area contributed by atoms with Crippen molar-refractivity contribution in [3.63, 3.8) is 0 Å². The molecule has 0 saturated heterocycles. The fourth-order valence-electron chi connectivity index (χ4n) is 1.08. The van der Waals surface area contributed by atoms with E-state index in [4.69, 9.17) is 5.73 Å². The highest BCUT2D eigenvalue weighted by Crippen LogP contribution is 2.25. The molecule has 2 nitrogen and oxygen atoms in total. The Kier molecular flexibility index (Phi) is 2.33. The Bertz CT molecular complexity index is 425. The van der Waals surface area contributed by atoms with Crippen LogP contribution >= 0.6 is 27.3 Å². The van der Waals surface area contributed by atoms with Crippen LogP contribution in [0.1, 0.15) is 0 Å². The van der Waals surface area contributed by atoms with E-state index in [2.05, 4.69) is 20.9 Å². The molecule has 0 atom stereocenters. The minimum absolute atomic E-state index is 0.765. The lowest BCUT2D eigenvalue weighted by atomic mass is 10.1. The number of anilines is 1. The van der Waals surface area contributed by atoms with Gasteiger partial charge in [0.2, 0.25) is 0 Å². The summed E-state index contributed by atoms with van der Waals surface area (Å²) in [5, 5.41) is 2.00. The van der Waals surface area contributed by atoms with E-state index in [1.165, 1.54) is 0 Å². The van der Waals surface area contributed by atoms with Gasteiger partial charge in [-0.3, -0.25) is 0 Å². The lowest BCUT2D eigenvalue weighted by Crippen LogP contribution is -1.84. The number of nitrogens with two attached hydrogens (primary N) is 1. The van der Waals surface area contributed by atoms with E-state index in [9.17, 15) is 0 Å². The minimum atomic E-state index is 0.765. The number of benzene rings is 1. The highest BCUT2D eigenvalue weighted by Gasteiger charge is 2.01. The molecule has 2 N–H and O–H groups in total. The van der Waals surface area contributed by atoms with Gasteiger partial charge >= 0.3 is 0 Å². The van der Waals surface area contributed by atoms with Gasteiger partial charge in [-0.25, -0.2) is 4.98 Å². The van der Waals surface area contributed by atoms with Crippen LogP contribution in [0.4, 0.5) is 5.69 Å². The summed E-state index contributed by atoms with van der Waals surface area (Å²) in [6, 6.07) is 7.71. The van der Waals surface area contributed by atoms with Crippen molar-refractivity contribution in [3.05, 3.63) is 33.6 Å². The van der Waals surface area contributed by atoms with Crippen LogP contribution in [0.3, 0.4) is 0 Å². The number of hydrogen-bond donors (Lipinski definition) is 1. The standard InChI is InChI=1S/C9H7BrN2S/c10-9-12-8(5-13-9)6-2-1-3-7(11)4-6/h1-5H,11H2. The van der Waals surface area contributed by atoms with Crippen LogP contribution in [-0.4, -0.2) is 4.98 Å². The molecule has 0 saturated carbocycles. The largest absolute Gasteiger partial charge is 0.399 e. The Balaban J connectivity index is 2.46. The summed E-state index contributed by atoms with van der Waals surface area (Å²) >= 11 is 4.89. The fraction of sp³-hybridized carbons (Fsp3) is 0. The average molecular weight is 255 g/mol. The van der Waals surface area contributed by atoms with Gasteiger partial charge in [0.25, 0.3) is 0 Å². The van der Waals surface area contributed by atoms with E-state index < -0.39 is 0 Å². The summed E-state index contributed by atoms with van der Waals surface area (Å²) in [5.74, 6) is 0. The second-order valence-electron chi connectivity index (χ2n) is 2.61. The van der Waals surface area contributed by atoms with Crippen LogP contribution in [0.25, 0.3) is 11.3 Å². The maximum atomic E-state index is 5.67. The zero-order valence-electron chi connectivity index (χ0n) is 6.70. The maximum absolute atomic E-state index is 5.67. The van der Waals surface area contributed by atoms with Crippen molar-refractivity contribution >= 4 is 33.0 Å². The number of hydrogen-bond acceptors (Lipinski definition) is 3. The molecule has 2 rings (SSSR count). The number of thiazole rings is 1. The van der Waals surface area contributed by atoms with Gasteiger partial charge in [0.1, 0.15) is 0 Å². The summed E-state index contributed by atoms with van der Waals surface area (Å²) < 4.78 is 0.893. The predicted molar refractivity (Wildman–Crippen MR) is 59.7 cm³/mol. The fourth-order valence-corrected chi connectivity index (χ4v) is 2.10. The van der Waals surface area contributed by atoms with Gasteiger partial charge < -0.3 is 5.73 Å². The molecule has 0 radical (unpaired) electrons. The lowest BCUT2D eigenvalue weighted by Gasteiger charge is -1.96. The maximum Gasteiger partial charge on any atom is 0.159 e. The zero-order chi connectivity index (χ0) is 9.26. The first-order valence-corrected chi connectivity index (χ1v) is 5.40. The van der Waals surface area contributed by atoms with Crippen LogP contribution in [0.2, 0.25) is 0 Å². The Labute approximate surface area is 88.6 Å². The molecule has 0 spiro atoms. The second-order valence-corrected chi connectivity index (χ2v) is 4.75. The van der Waals surface area contributed by atoms with Gasteiger partial charge in [0.15, 0.2) is 3.92 Å². The molecule has 0 aliphatic heterocycles. The molecule has 0 amide bonds. The van der Waals surface area contributed by atoms with Crippen molar-refractivity contribution in [1.82, 2.24) is 4.98 Å². The van der Waals surface area contributed by atoms with Crippen LogP contribution < -0.4 is 5.73 Å². The van der Waals surface area contributed by atoms with Gasteiger partial charge in [-0.15, -0.1) is 11.3 Å². The monoisotopic (exact) mass is 254 g/mol. The lowest BCUT2D eigenvalue weighted by molar-refractivity contribution is 1.37. The quantitative estimate of drug-likeness (QED) is 0.795. The average Bonchev–Trinajstić information content (AvgIpc) is 2.52. The van der Waals surface area contributed by atoms with Crippen LogP contribution in [0, 0.1) is 0 Å². The Morgan fingerprint density at radius 3 is 2.85 bits per heavy atom. The molecule has 1 heterocycles. The molecular weight excluding hydrogens is 248 g/mol. The van der Waals surface area contributed by atoms with Crippen molar-refractivity contribution in [3.8, 4) is 11.3 Å². The van der Waals surface area contributed by atoms with Crippen molar-refractivity contribution in [2.24, 2.45) is 0 Å². The SMILES string of the molecule is Nc1cccc(-c2csc(Br)n2)c1. The second kappa shape index (κ2) is 3.47. The van der Waals surface area contributed by atoms with Crippen LogP contribution in [0.5, 0.6) is 0 Å². The van der Waals surface area contributed by atoms with E-state index >= 15 is 0 Å². The Hall–Kier alpha value is -0.870. The molecule has 13 heavy (non-hydrogen) atoms. The van der Waals surface area contributed by atoms with Gasteiger partial charge in [-0.2, -0.15) is 0 Å². The smallest absolute Gasteiger partial charge is 0.159 e. The van der Waals surface area contributed by atoms with Crippen molar-refractivity contribution in [1.29, 1.82) is 0 Å². The van der Waals surface area contributed by atoms with Crippen molar-refractivity contribution < 1.29 is 0 Å². The Morgan fingerprint density at radius 1 is 1.38 bits per heavy atom. The molecule has 1 aromatic heterocycles. The van der Waals surface area contributed by atoms with Crippen molar-refractivity contribution in [2.45, 2.75) is 0 Å². The number of nitrogens with zero attached hydrogens (tertiary/aromatic N) is 1. The third-order valence-electron chi connectivity index (χ3n) is 1.66. The number of nitrogen functional groups attached to an aromatic ring is 1. The third-order valence-corrected chi connectivity index (χ3v) is 3.02. The van der Waals surface area contributed by atoms with Crippen LogP contribution in [0.15, 0.2) is 33.6 Å². The summed E-state index contributed by atoms with van der Waals surface area (Å²) in [7, 11) is 0. The van der Waals surface area contributed by atoms with E-state index in [0.717, 1.165) is 20.9 Å². The van der Waals surface area contributed by atoms with E-state index in [1.807, 2.05) is 29.6 Å². The van der Waals surface area contributed by atoms with Crippen LogP contribution in [-0.2, 0) is 0 Å². The first kappa shape index (κ1) is 8.72. The molecule has 0 bridgehead atoms. The zero-order valence-corrected chi connectivity index (χ0v) is 9.10. The molecule has 66 valence electrons. The molecule has 0 aliphatic rings. The molecule has 0 fully saturated rings. The number of rotatable bonds is 1. The highest BCUT2D eigenvalue weighted by molar-refractivity contribution is 9.11. The van der Waals surface area contributed by atoms with Crippen molar-refractivity contribution in [2.75, 3.05) is 5.73 Å². The molecule has 2 aromatic rings. The molecule has 4 heteroatoms. The highest BCUT2D eigenvalue weighted by atomic mass is 79.9. The van der Waals surface area contributed by atoms with E-state index in [-0.39, 0.29) is 0 Å². The van der Waals surface area contributed by atoms with E-state index in [1.54, 1.807) is 11.3 Å². The third kappa shape index (κ3) is 1.89. The first-order valence-electron chi connectivity index (χ1n) is 3.72. The Morgan fingerprint density at radius 2 is 2.23 bits per heavy atom. The van der Waals surface area contributed by atoms with Gasteiger partial charge in [-0.1, -0.05) is 12.1 Å². The minimum Gasteiger partial charge on any atom is -0.399 e. The normalized spacial score (nSPS) is 10.2. The first-order chi connectivity index (χ1) is 6.25.